The number of benzene rings is 10. The zero-order valence-corrected chi connectivity index (χ0v) is 31.8. The van der Waals surface area contributed by atoms with Crippen LogP contribution in [0, 0.1) is 13.8 Å². The van der Waals surface area contributed by atoms with E-state index in [1.54, 1.807) is 0 Å². The van der Waals surface area contributed by atoms with Gasteiger partial charge in [0, 0.05) is 16.8 Å². The van der Waals surface area contributed by atoms with Crippen molar-refractivity contribution in [1.82, 2.24) is 0 Å². The van der Waals surface area contributed by atoms with Crippen LogP contribution in [0.1, 0.15) is 11.1 Å². The molecule has 266 valence electrons. The number of aryl methyl sites for hydroxylation is 2. The third-order valence-electron chi connectivity index (χ3n) is 12.4. The van der Waals surface area contributed by atoms with Crippen LogP contribution >= 0.6 is 0 Å². The molecule has 0 unspecified atom stereocenters. The summed E-state index contributed by atoms with van der Waals surface area (Å²) in [5.41, 5.74) is 11.0. The summed E-state index contributed by atoms with van der Waals surface area (Å²) in [4.78, 5) is 2.43. The molecule has 0 spiro atoms. The molecular formula is C56H37N. The highest BCUT2D eigenvalue weighted by Crippen LogP contribution is 2.55. The predicted octanol–water partition coefficient (Wildman–Crippen LogP) is 16.1. The summed E-state index contributed by atoms with van der Waals surface area (Å²) in [6.07, 6.45) is 0. The van der Waals surface area contributed by atoms with Gasteiger partial charge < -0.3 is 4.90 Å². The predicted molar refractivity (Wildman–Crippen MR) is 246 cm³/mol. The van der Waals surface area contributed by atoms with Gasteiger partial charge in [0.2, 0.25) is 0 Å². The number of nitrogens with zero attached hydrogens (tertiary/aromatic N) is 1. The first-order chi connectivity index (χ1) is 28.1. The van der Waals surface area contributed by atoms with Crippen LogP contribution in [-0.4, -0.2) is 0 Å². The zero-order chi connectivity index (χ0) is 37.8. The number of anilines is 3. The normalized spacial score (nSPS) is 12.0. The summed E-state index contributed by atoms with van der Waals surface area (Å²) in [7, 11) is 0. The van der Waals surface area contributed by atoms with Crippen molar-refractivity contribution in [3.05, 3.63) is 199 Å². The highest BCUT2D eigenvalue weighted by atomic mass is 15.1. The summed E-state index contributed by atoms with van der Waals surface area (Å²) < 4.78 is 0. The standard InChI is InChI=1S/C56H37N/c1-34-23-27-38(28-24-34)57(39-29-25-35(2)26-30-39)49-32-31-46-53-43(49)20-12-22-45(53)55-50(36-13-5-3-6-14-36)48-33-47-41-18-10-9-17-40(41)42-19-11-21-44(52(42)47)54(48)51(56(46)55)37-15-7-4-8-16-37/h3-33H,1-2H3. The Balaban J connectivity index is 1.31. The molecule has 12 aromatic carbocycles. The lowest BCUT2D eigenvalue weighted by Crippen LogP contribution is -2.10. The Morgan fingerprint density at radius 3 is 1.37 bits per heavy atom. The van der Waals surface area contributed by atoms with Crippen LogP contribution in [0.2, 0.25) is 0 Å². The van der Waals surface area contributed by atoms with Gasteiger partial charge >= 0.3 is 0 Å². The fourth-order valence-corrected chi connectivity index (χ4v) is 10.0. The van der Waals surface area contributed by atoms with E-state index >= 15 is 0 Å². The molecule has 0 saturated carbocycles. The molecule has 12 rings (SSSR count). The minimum Gasteiger partial charge on any atom is -0.310 e. The smallest absolute Gasteiger partial charge is 0.0540 e. The quantitative estimate of drug-likeness (QED) is 0.160. The summed E-state index contributed by atoms with van der Waals surface area (Å²) in [6, 6.07) is 70.2. The molecule has 0 aliphatic heterocycles. The Morgan fingerprint density at radius 1 is 0.281 bits per heavy atom. The third kappa shape index (κ3) is 4.57. The molecule has 0 N–H and O–H groups in total. The van der Waals surface area contributed by atoms with Gasteiger partial charge in [-0.05, 0) is 143 Å². The number of fused-ring (bicyclic) bond motifs is 8. The van der Waals surface area contributed by atoms with Crippen molar-refractivity contribution in [3.63, 3.8) is 0 Å². The lowest BCUT2D eigenvalue weighted by molar-refractivity contribution is 1.28. The third-order valence-corrected chi connectivity index (χ3v) is 12.4. The highest BCUT2D eigenvalue weighted by molar-refractivity contribution is 6.45. The van der Waals surface area contributed by atoms with E-state index in [4.69, 9.17) is 0 Å². The van der Waals surface area contributed by atoms with Crippen LogP contribution in [0.4, 0.5) is 17.1 Å². The van der Waals surface area contributed by atoms with E-state index in [0.29, 0.717) is 0 Å². The molecule has 0 amide bonds. The van der Waals surface area contributed by atoms with Crippen LogP contribution in [-0.2, 0) is 0 Å². The molecule has 0 aliphatic rings. The minimum atomic E-state index is 1.14. The lowest BCUT2D eigenvalue weighted by atomic mass is 9.84. The van der Waals surface area contributed by atoms with Crippen molar-refractivity contribution < 1.29 is 0 Å². The van der Waals surface area contributed by atoms with Gasteiger partial charge in [0.15, 0.2) is 0 Å². The molecule has 0 fully saturated rings. The molecule has 0 aliphatic carbocycles. The Bertz CT molecular complexity index is 3450. The summed E-state index contributed by atoms with van der Waals surface area (Å²) in [5, 5.41) is 18.3. The van der Waals surface area contributed by atoms with Crippen LogP contribution in [0.3, 0.4) is 0 Å². The Kier molecular flexibility index (Phi) is 6.83. The van der Waals surface area contributed by atoms with Crippen molar-refractivity contribution in [3.8, 4) is 22.3 Å². The van der Waals surface area contributed by atoms with E-state index in [-0.39, 0.29) is 0 Å². The van der Waals surface area contributed by atoms with Crippen LogP contribution in [0.15, 0.2) is 188 Å². The number of hydrogen-bond acceptors (Lipinski definition) is 1. The molecule has 1 heteroatoms. The maximum atomic E-state index is 2.52. The second kappa shape index (κ2) is 12.1. The van der Waals surface area contributed by atoms with Crippen LogP contribution in [0.5, 0.6) is 0 Å². The van der Waals surface area contributed by atoms with Gasteiger partial charge in [-0.3, -0.25) is 0 Å². The summed E-state index contributed by atoms with van der Waals surface area (Å²) in [5.74, 6) is 0. The second-order valence-electron chi connectivity index (χ2n) is 15.7. The lowest BCUT2D eigenvalue weighted by Gasteiger charge is -2.27. The first-order valence-electron chi connectivity index (χ1n) is 19.9. The average Bonchev–Trinajstić information content (AvgIpc) is 3.77. The zero-order valence-electron chi connectivity index (χ0n) is 31.8. The molecule has 0 aromatic heterocycles. The van der Waals surface area contributed by atoms with Gasteiger partial charge in [0.1, 0.15) is 0 Å². The van der Waals surface area contributed by atoms with Gasteiger partial charge in [0.05, 0.1) is 5.69 Å². The van der Waals surface area contributed by atoms with Crippen LogP contribution in [0.25, 0.3) is 97.7 Å². The van der Waals surface area contributed by atoms with E-state index in [9.17, 15) is 0 Å². The van der Waals surface area contributed by atoms with E-state index in [2.05, 4.69) is 207 Å². The van der Waals surface area contributed by atoms with E-state index in [1.807, 2.05) is 0 Å². The van der Waals surface area contributed by atoms with Crippen molar-refractivity contribution in [1.29, 1.82) is 0 Å². The Labute approximate surface area is 331 Å². The molecule has 1 nitrogen and oxygen atoms in total. The monoisotopic (exact) mass is 723 g/mol. The first kappa shape index (κ1) is 32.1. The van der Waals surface area contributed by atoms with E-state index in [0.717, 1.165) is 11.4 Å². The number of rotatable bonds is 5. The van der Waals surface area contributed by atoms with E-state index < -0.39 is 0 Å². The molecular weight excluding hydrogens is 687 g/mol. The summed E-state index contributed by atoms with van der Waals surface area (Å²) >= 11 is 0. The molecule has 0 radical (unpaired) electrons. The van der Waals surface area contributed by atoms with Crippen molar-refractivity contribution in [2.24, 2.45) is 0 Å². The van der Waals surface area contributed by atoms with Crippen molar-refractivity contribution in [2.75, 3.05) is 4.90 Å². The van der Waals surface area contributed by atoms with Crippen molar-refractivity contribution >= 4 is 92.5 Å². The first-order valence-corrected chi connectivity index (χ1v) is 19.9. The SMILES string of the molecule is Cc1ccc(N(c2ccc(C)cc2)c2ccc3c4c(-c5ccccc5)c5c(cc6c7ccccc7c7cccc5c76)c(-c5ccccc5)c4c4cccc2c43)cc1. The highest BCUT2D eigenvalue weighted by Gasteiger charge is 2.27. The minimum absolute atomic E-state index is 1.14. The average molecular weight is 724 g/mol. The molecule has 0 saturated heterocycles. The molecule has 0 heterocycles. The van der Waals surface area contributed by atoms with Crippen LogP contribution < -0.4 is 4.90 Å². The molecule has 12 aromatic rings. The molecule has 0 atom stereocenters. The van der Waals surface area contributed by atoms with Gasteiger partial charge in [-0.1, -0.05) is 163 Å². The maximum Gasteiger partial charge on any atom is 0.0540 e. The van der Waals surface area contributed by atoms with Gasteiger partial charge in [-0.25, -0.2) is 0 Å². The van der Waals surface area contributed by atoms with Gasteiger partial charge in [-0.15, -0.1) is 0 Å². The fourth-order valence-electron chi connectivity index (χ4n) is 10.0. The summed E-state index contributed by atoms with van der Waals surface area (Å²) in [6.45, 7) is 4.31. The maximum absolute atomic E-state index is 2.52. The second-order valence-corrected chi connectivity index (χ2v) is 15.7. The topological polar surface area (TPSA) is 3.24 Å². The van der Waals surface area contributed by atoms with E-state index in [1.165, 1.54) is 114 Å². The molecule has 0 bridgehead atoms. The Morgan fingerprint density at radius 2 is 0.737 bits per heavy atom. The van der Waals surface area contributed by atoms with Crippen molar-refractivity contribution in [2.45, 2.75) is 13.8 Å². The largest absolute Gasteiger partial charge is 0.310 e. The van der Waals surface area contributed by atoms with Gasteiger partial charge in [0.25, 0.3) is 0 Å². The number of hydrogen-bond donors (Lipinski definition) is 0. The molecule has 57 heavy (non-hydrogen) atoms. The Hall–Kier alpha value is -7.22. The van der Waals surface area contributed by atoms with Gasteiger partial charge in [-0.2, -0.15) is 0 Å². The fraction of sp³-hybridized carbons (Fsp3) is 0.0357.